The Bertz CT molecular complexity index is 1440. The van der Waals surface area contributed by atoms with Crippen LogP contribution in [0.25, 0.3) is 0 Å². The van der Waals surface area contributed by atoms with Crippen molar-refractivity contribution in [2.24, 2.45) is 5.10 Å². The molecule has 0 atom stereocenters. The Labute approximate surface area is 214 Å². The molecule has 0 bridgehead atoms. The number of nitrogens with zero attached hydrogens (tertiary/aromatic N) is 1. The molecule has 0 heterocycles. The van der Waals surface area contributed by atoms with Crippen LogP contribution < -0.4 is 15.5 Å². The average molecular weight is 492 g/mol. The third-order valence-electron chi connectivity index (χ3n) is 5.50. The minimum absolute atomic E-state index is 0.233. The molecule has 0 saturated heterocycles. The van der Waals surface area contributed by atoms with Crippen molar-refractivity contribution in [3.63, 3.8) is 0 Å². The highest BCUT2D eigenvalue weighted by Gasteiger charge is 2.11. The molecule has 0 aromatic heterocycles. The van der Waals surface area contributed by atoms with Crippen molar-refractivity contribution in [1.29, 1.82) is 0 Å². The Balaban J connectivity index is 1.35. The summed E-state index contributed by atoms with van der Waals surface area (Å²) in [6.07, 6.45) is 1.41. The predicted octanol–water partition coefficient (Wildman–Crippen LogP) is 5.54. The number of benzene rings is 4. The largest absolute Gasteiger partial charge is 0.422 e. The van der Waals surface area contributed by atoms with Gasteiger partial charge in [0.05, 0.1) is 11.8 Å². The second-order valence-electron chi connectivity index (χ2n) is 8.39. The lowest BCUT2D eigenvalue weighted by atomic mass is 10.1. The number of hydrogen-bond acceptors (Lipinski definition) is 5. The van der Waals surface area contributed by atoms with Gasteiger partial charge >= 0.3 is 5.97 Å². The van der Waals surface area contributed by atoms with Gasteiger partial charge in [-0.05, 0) is 74.5 Å². The number of carbonyl (C=O) groups is 3. The van der Waals surface area contributed by atoms with Crippen LogP contribution in [-0.2, 0) is 0 Å². The molecular weight excluding hydrogens is 466 g/mol. The fraction of sp³-hybridized carbons (Fsp3) is 0.0667. The summed E-state index contributed by atoms with van der Waals surface area (Å²) < 4.78 is 5.52. The molecule has 0 radical (unpaired) electrons. The van der Waals surface area contributed by atoms with Crippen molar-refractivity contribution in [2.45, 2.75) is 13.8 Å². The summed E-state index contributed by atoms with van der Waals surface area (Å²) in [5, 5.41) is 6.81. The summed E-state index contributed by atoms with van der Waals surface area (Å²) in [5.41, 5.74) is 7.01. The third-order valence-corrected chi connectivity index (χ3v) is 5.50. The smallest absolute Gasteiger partial charge is 0.343 e. The molecular formula is C30H25N3O4. The standard InChI is InChI=1S/C30H25N3O4/c1-20-7-11-22(12-8-20)28(34)32-26-17-15-23(16-18-26)29(35)33-31-19-25-5-3-4-6-27(25)37-30(36)24-13-9-21(2)10-14-24/h3-19H,1-2H3,(H,32,34)(H,33,35)/b31-19-. The molecule has 4 aromatic rings. The van der Waals surface area contributed by atoms with Gasteiger partial charge in [-0.2, -0.15) is 5.10 Å². The topological polar surface area (TPSA) is 96.9 Å². The molecule has 4 aromatic carbocycles. The first-order chi connectivity index (χ1) is 17.9. The first kappa shape index (κ1) is 25.1. The highest BCUT2D eigenvalue weighted by atomic mass is 16.5. The van der Waals surface area contributed by atoms with E-state index >= 15 is 0 Å². The number of anilines is 1. The van der Waals surface area contributed by atoms with Gasteiger partial charge < -0.3 is 10.1 Å². The number of para-hydroxylation sites is 1. The molecule has 0 aliphatic rings. The SMILES string of the molecule is Cc1ccc(C(=O)Nc2ccc(C(=O)N/N=C\c3ccccc3OC(=O)c3ccc(C)cc3)cc2)cc1. The number of rotatable bonds is 7. The van der Waals surface area contributed by atoms with E-state index in [2.05, 4.69) is 15.8 Å². The normalized spacial score (nSPS) is 10.6. The van der Waals surface area contributed by atoms with Crippen LogP contribution in [0.3, 0.4) is 0 Å². The molecule has 0 fully saturated rings. The van der Waals surface area contributed by atoms with E-state index < -0.39 is 11.9 Å². The molecule has 4 rings (SSSR count). The van der Waals surface area contributed by atoms with Crippen LogP contribution in [0.4, 0.5) is 5.69 Å². The van der Waals surface area contributed by atoms with Gasteiger partial charge in [0.15, 0.2) is 0 Å². The molecule has 0 saturated carbocycles. The number of nitrogens with one attached hydrogen (secondary N) is 2. The van der Waals surface area contributed by atoms with E-state index in [-0.39, 0.29) is 5.91 Å². The highest BCUT2D eigenvalue weighted by Crippen LogP contribution is 2.18. The van der Waals surface area contributed by atoms with E-state index in [1.54, 1.807) is 72.8 Å². The van der Waals surface area contributed by atoms with Crippen LogP contribution >= 0.6 is 0 Å². The summed E-state index contributed by atoms with van der Waals surface area (Å²) >= 11 is 0. The van der Waals surface area contributed by atoms with E-state index in [4.69, 9.17) is 4.74 Å². The monoisotopic (exact) mass is 491 g/mol. The maximum absolute atomic E-state index is 12.5. The molecule has 0 spiro atoms. The zero-order chi connectivity index (χ0) is 26.2. The quantitative estimate of drug-likeness (QED) is 0.154. The van der Waals surface area contributed by atoms with Crippen LogP contribution in [-0.4, -0.2) is 24.0 Å². The number of aryl methyl sites for hydroxylation is 2. The van der Waals surface area contributed by atoms with Gasteiger partial charge in [0, 0.05) is 22.4 Å². The number of amides is 2. The van der Waals surface area contributed by atoms with E-state index in [1.165, 1.54) is 6.21 Å². The second-order valence-corrected chi connectivity index (χ2v) is 8.39. The van der Waals surface area contributed by atoms with Crippen LogP contribution in [0, 0.1) is 13.8 Å². The average Bonchev–Trinajstić information content (AvgIpc) is 2.90. The van der Waals surface area contributed by atoms with E-state index in [0.29, 0.717) is 33.7 Å². The maximum Gasteiger partial charge on any atom is 0.343 e. The van der Waals surface area contributed by atoms with Crippen molar-refractivity contribution < 1.29 is 19.1 Å². The zero-order valence-electron chi connectivity index (χ0n) is 20.4. The number of carbonyl (C=O) groups excluding carboxylic acids is 3. The van der Waals surface area contributed by atoms with Crippen molar-refractivity contribution in [3.05, 3.63) is 130 Å². The fourth-order valence-electron chi connectivity index (χ4n) is 3.37. The van der Waals surface area contributed by atoms with Crippen LogP contribution in [0.2, 0.25) is 0 Å². The number of esters is 1. The Kier molecular flexibility index (Phi) is 7.85. The van der Waals surface area contributed by atoms with Crippen LogP contribution in [0.15, 0.2) is 102 Å². The fourth-order valence-corrected chi connectivity index (χ4v) is 3.37. The van der Waals surface area contributed by atoms with Gasteiger partial charge in [-0.25, -0.2) is 10.2 Å². The van der Waals surface area contributed by atoms with Gasteiger partial charge in [0.1, 0.15) is 5.75 Å². The second kappa shape index (κ2) is 11.6. The number of hydrogen-bond donors (Lipinski definition) is 2. The molecule has 0 unspecified atom stereocenters. The van der Waals surface area contributed by atoms with Crippen molar-refractivity contribution in [1.82, 2.24) is 5.43 Å². The molecule has 37 heavy (non-hydrogen) atoms. The zero-order valence-corrected chi connectivity index (χ0v) is 20.4. The van der Waals surface area contributed by atoms with Gasteiger partial charge in [-0.1, -0.05) is 47.5 Å². The lowest BCUT2D eigenvalue weighted by molar-refractivity contribution is 0.0734. The van der Waals surface area contributed by atoms with Gasteiger partial charge in [-0.3, -0.25) is 9.59 Å². The minimum atomic E-state index is -0.487. The van der Waals surface area contributed by atoms with E-state index in [1.807, 2.05) is 38.1 Å². The van der Waals surface area contributed by atoms with Crippen molar-refractivity contribution in [3.8, 4) is 5.75 Å². The summed E-state index contributed by atoms with van der Waals surface area (Å²) in [6, 6.07) is 27.7. The Hall–Kier alpha value is -5.04. The summed E-state index contributed by atoms with van der Waals surface area (Å²) in [4.78, 5) is 37.3. The Morgan fingerprint density at radius 1 is 0.676 bits per heavy atom. The summed E-state index contributed by atoms with van der Waals surface area (Å²) in [6.45, 7) is 3.89. The number of hydrazone groups is 1. The molecule has 2 N–H and O–H groups in total. The van der Waals surface area contributed by atoms with Crippen LogP contribution in [0.1, 0.15) is 47.8 Å². The third kappa shape index (κ3) is 6.76. The van der Waals surface area contributed by atoms with Crippen molar-refractivity contribution in [2.75, 3.05) is 5.32 Å². The molecule has 7 nitrogen and oxygen atoms in total. The lowest BCUT2D eigenvalue weighted by Crippen LogP contribution is -2.18. The van der Waals surface area contributed by atoms with Crippen molar-refractivity contribution >= 4 is 29.7 Å². The van der Waals surface area contributed by atoms with Gasteiger partial charge in [-0.15, -0.1) is 0 Å². The number of ether oxygens (including phenoxy) is 1. The van der Waals surface area contributed by atoms with E-state index in [0.717, 1.165) is 11.1 Å². The van der Waals surface area contributed by atoms with Gasteiger partial charge in [0.2, 0.25) is 0 Å². The molecule has 2 amide bonds. The Morgan fingerprint density at radius 3 is 1.86 bits per heavy atom. The first-order valence-corrected chi connectivity index (χ1v) is 11.6. The van der Waals surface area contributed by atoms with E-state index in [9.17, 15) is 14.4 Å². The molecule has 7 heteroatoms. The van der Waals surface area contributed by atoms with Crippen LogP contribution in [0.5, 0.6) is 5.75 Å². The maximum atomic E-state index is 12.5. The molecule has 0 aliphatic heterocycles. The predicted molar refractivity (Wildman–Crippen MR) is 143 cm³/mol. The summed E-state index contributed by atoms with van der Waals surface area (Å²) in [7, 11) is 0. The lowest BCUT2D eigenvalue weighted by Gasteiger charge is -2.08. The first-order valence-electron chi connectivity index (χ1n) is 11.6. The molecule has 0 aliphatic carbocycles. The van der Waals surface area contributed by atoms with Gasteiger partial charge in [0.25, 0.3) is 11.8 Å². The summed E-state index contributed by atoms with van der Waals surface area (Å²) in [5.74, 6) is -0.829. The minimum Gasteiger partial charge on any atom is -0.422 e. The Morgan fingerprint density at radius 2 is 1.22 bits per heavy atom. The highest BCUT2D eigenvalue weighted by molar-refractivity contribution is 6.04. The molecule has 184 valence electrons.